The number of alkyl halides is 2. The van der Waals surface area contributed by atoms with E-state index in [0.29, 0.717) is 11.6 Å². The second kappa shape index (κ2) is 8.49. The summed E-state index contributed by atoms with van der Waals surface area (Å²) >= 11 is 1.43. The van der Waals surface area contributed by atoms with Crippen molar-refractivity contribution in [2.24, 2.45) is 0 Å². The van der Waals surface area contributed by atoms with Gasteiger partial charge in [0, 0.05) is 23.4 Å². The summed E-state index contributed by atoms with van der Waals surface area (Å²) in [5.74, 6) is -0.758. The number of nitrogens with zero attached hydrogens (tertiary/aromatic N) is 5. The quantitative estimate of drug-likeness (QED) is 0.365. The van der Waals surface area contributed by atoms with Gasteiger partial charge < -0.3 is 5.11 Å². The molecule has 1 atom stereocenters. The third kappa shape index (κ3) is 4.10. The Hall–Kier alpha value is -3.62. The molecule has 1 N–H and O–H groups in total. The number of pyridine rings is 1. The number of hydrogen-bond donors (Lipinski definition) is 1. The second-order valence-corrected chi connectivity index (χ2v) is 7.67. The smallest absolute Gasteiger partial charge is 0.323 e. The molecule has 1 unspecified atom stereocenters. The molecule has 0 aliphatic carbocycles. The molecule has 4 aromatic rings. The Labute approximate surface area is 183 Å². The summed E-state index contributed by atoms with van der Waals surface area (Å²) in [6, 6.07) is 7.88. The van der Waals surface area contributed by atoms with E-state index in [1.165, 1.54) is 17.4 Å². The number of rotatable bonds is 5. The minimum Gasteiger partial charge on any atom is -0.377 e. The van der Waals surface area contributed by atoms with Crippen LogP contribution >= 0.6 is 11.3 Å². The van der Waals surface area contributed by atoms with E-state index in [2.05, 4.69) is 32.4 Å². The van der Waals surface area contributed by atoms with E-state index in [-0.39, 0.29) is 0 Å². The first-order valence-corrected chi connectivity index (χ1v) is 9.96. The molecule has 0 aliphatic rings. The first-order valence-electron chi connectivity index (χ1n) is 9.08. The van der Waals surface area contributed by atoms with Crippen molar-refractivity contribution in [3.8, 4) is 11.8 Å². The van der Waals surface area contributed by atoms with Gasteiger partial charge in [0.25, 0.3) is 0 Å². The molecule has 11 heteroatoms. The van der Waals surface area contributed by atoms with Crippen molar-refractivity contribution in [2.45, 2.75) is 18.1 Å². The van der Waals surface area contributed by atoms with E-state index in [1.807, 2.05) is 17.5 Å². The molecule has 4 rings (SSSR count). The summed E-state index contributed by atoms with van der Waals surface area (Å²) < 4.78 is 59.9. The van der Waals surface area contributed by atoms with Gasteiger partial charge in [0.1, 0.15) is 23.7 Å². The van der Waals surface area contributed by atoms with Crippen molar-refractivity contribution in [3.05, 3.63) is 93.7 Å². The third-order valence-corrected chi connectivity index (χ3v) is 5.40. The summed E-state index contributed by atoms with van der Waals surface area (Å²) in [6.07, 6.45) is 2.11. The van der Waals surface area contributed by atoms with Crippen molar-refractivity contribution in [1.29, 1.82) is 0 Å². The lowest BCUT2D eigenvalue weighted by atomic mass is 9.84. The highest BCUT2D eigenvalue weighted by Gasteiger charge is 2.57. The number of tetrazole rings is 1. The Bertz CT molecular complexity index is 1270. The van der Waals surface area contributed by atoms with Crippen LogP contribution in [0.25, 0.3) is 0 Å². The molecule has 0 spiro atoms. The average Bonchev–Trinajstić information content (AvgIpc) is 3.46. The molecular formula is C21H13F4N5OS. The number of thiophene rings is 1. The van der Waals surface area contributed by atoms with E-state index in [1.54, 1.807) is 0 Å². The summed E-state index contributed by atoms with van der Waals surface area (Å²) in [7, 11) is 0. The van der Waals surface area contributed by atoms with Crippen LogP contribution in [0.4, 0.5) is 17.6 Å². The molecule has 0 aliphatic heterocycles. The van der Waals surface area contributed by atoms with E-state index in [0.717, 1.165) is 40.3 Å². The van der Waals surface area contributed by atoms with Crippen molar-refractivity contribution < 1.29 is 22.7 Å². The zero-order valence-electron chi connectivity index (χ0n) is 16.1. The van der Waals surface area contributed by atoms with Crippen LogP contribution in [0, 0.1) is 23.5 Å². The van der Waals surface area contributed by atoms with Crippen LogP contribution in [0.5, 0.6) is 0 Å². The van der Waals surface area contributed by atoms with E-state index < -0.39 is 41.0 Å². The SMILES string of the molecule is OC(Cn1cnnn1)(c1ccc(F)cc1F)C(F)(F)c1ccc(C#Cc2cccs2)cn1. The van der Waals surface area contributed by atoms with Gasteiger partial charge in [0.15, 0.2) is 5.60 Å². The number of aliphatic hydroxyl groups is 1. The lowest BCUT2D eigenvalue weighted by Crippen LogP contribution is -2.48. The number of halogens is 4. The fraction of sp³-hybridized carbons (Fsp3) is 0.143. The molecule has 3 heterocycles. The lowest BCUT2D eigenvalue weighted by Gasteiger charge is -2.35. The Morgan fingerprint density at radius 2 is 1.94 bits per heavy atom. The molecule has 3 aromatic heterocycles. The maximum absolute atomic E-state index is 15.6. The molecule has 0 fully saturated rings. The Morgan fingerprint density at radius 3 is 2.56 bits per heavy atom. The van der Waals surface area contributed by atoms with Crippen LogP contribution in [0.15, 0.2) is 60.4 Å². The summed E-state index contributed by atoms with van der Waals surface area (Å²) in [5.41, 5.74) is -4.48. The average molecular weight is 459 g/mol. The van der Waals surface area contributed by atoms with Crippen molar-refractivity contribution >= 4 is 11.3 Å². The highest BCUT2D eigenvalue weighted by molar-refractivity contribution is 7.10. The standard InChI is InChI=1S/C21H13F4N5OS/c22-15-5-7-17(18(23)10-15)20(31,12-30-13-27-28-29-30)21(24,25)19-8-4-14(11-26-19)3-6-16-2-1-9-32-16/h1-2,4-5,7-11,13,31H,12H2. The molecule has 0 amide bonds. The largest absolute Gasteiger partial charge is 0.377 e. The summed E-state index contributed by atoms with van der Waals surface area (Å²) in [5, 5.41) is 23.1. The van der Waals surface area contributed by atoms with Crippen molar-refractivity contribution in [3.63, 3.8) is 0 Å². The second-order valence-electron chi connectivity index (χ2n) is 6.73. The molecule has 0 bridgehead atoms. The zero-order valence-corrected chi connectivity index (χ0v) is 16.9. The van der Waals surface area contributed by atoms with Crippen LogP contribution in [-0.4, -0.2) is 30.3 Å². The minimum atomic E-state index is -4.11. The Balaban J connectivity index is 1.74. The van der Waals surface area contributed by atoms with Crippen molar-refractivity contribution in [2.75, 3.05) is 0 Å². The maximum Gasteiger partial charge on any atom is 0.323 e. The minimum absolute atomic E-state index is 0.370. The van der Waals surface area contributed by atoms with Gasteiger partial charge in [-0.05, 0) is 46.1 Å². The van der Waals surface area contributed by atoms with Crippen molar-refractivity contribution in [1.82, 2.24) is 25.2 Å². The highest BCUT2D eigenvalue weighted by atomic mass is 32.1. The summed E-state index contributed by atoms with van der Waals surface area (Å²) in [6.45, 7) is -0.919. The normalized spacial score (nSPS) is 13.3. The van der Waals surface area contributed by atoms with Gasteiger partial charge in [0.05, 0.1) is 11.4 Å². The number of aromatic nitrogens is 5. The third-order valence-electron chi connectivity index (χ3n) is 4.61. The van der Waals surface area contributed by atoms with E-state index in [9.17, 15) is 13.9 Å². The predicted molar refractivity (Wildman–Crippen MR) is 107 cm³/mol. The van der Waals surface area contributed by atoms with E-state index in [4.69, 9.17) is 0 Å². The van der Waals surface area contributed by atoms with Gasteiger partial charge in [-0.25, -0.2) is 13.5 Å². The van der Waals surface area contributed by atoms with Gasteiger partial charge in [-0.2, -0.15) is 8.78 Å². The van der Waals surface area contributed by atoms with Crippen LogP contribution in [0.2, 0.25) is 0 Å². The zero-order chi connectivity index (χ0) is 22.8. The highest BCUT2D eigenvalue weighted by Crippen LogP contribution is 2.46. The van der Waals surface area contributed by atoms with Gasteiger partial charge in [-0.15, -0.1) is 16.4 Å². The molecule has 0 saturated carbocycles. The maximum atomic E-state index is 15.6. The van der Waals surface area contributed by atoms with Crippen LogP contribution in [-0.2, 0) is 18.1 Å². The van der Waals surface area contributed by atoms with Crippen LogP contribution < -0.4 is 0 Å². The molecule has 0 saturated heterocycles. The van der Waals surface area contributed by atoms with Gasteiger partial charge in [-0.3, -0.25) is 4.98 Å². The first kappa shape index (κ1) is 21.6. The molecular weight excluding hydrogens is 446 g/mol. The van der Waals surface area contributed by atoms with Gasteiger partial charge >= 0.3 is 5.92 Å². The molecule has 0 radical (unpaired) electrons. The molecule has 32 heavy (non-hydrogen) atoms. The van der Waals surface area contributed by atoms with Gasteiger partial charge in [0.2, 0.25) is 0 Å². The van der Waals surface area contributed by atoms with E-state index >= 15 is 8.78 Å². The topological polar surface area (TPSA) is 76.7 Å². The molecule has 162 valence electrons. The fourth-order valence-corrected chi connectivity index (χ4v) is 3.59. The van der Waals surface area contributed by atoms with Crippen LogP contribution in [0.3, 0.4) is 0 Å². The summed E-state index contributed by atoms with van der Waals surface area (Å²) in [4.78, 5) is 4.55. The Kier molecular flexibility index (Phi) is 5.73. The van der Waals surface area contributed by atoms with Gasteiger partial charge in [-0.1, -0.05) is 17.9 Å². The molecule has 6 nitrogen and oxygen atoms in total. The molecule has 1 aromatic carbocycles. The van der Waals surface area contributed by atoms with Crippen LogP contribution in [0.1, 0.15) is 21.7 Å². The fourth-order valence-electron chi connectivity index (χ4n) is 3.01. The lowest BCUT2D eigenvalue weighted by molar-refractivity contribution is -0.207. The predicted octanol–water partition coefficient (Wildman–Crippen LogP) is 3.49. The number of hydrogen-bond acceptors (Lipinski definition) is 6. The first-order chi connectivity index (χ1) is 15.3. The Morgan fingerprint density at radius 1 is 1.09 bits per heavy atom. The number of benzene rings is 1. The monoisotopic (exact) mass is 459 g/mol.